The van der Waals surface area contributed by atoms with E-state index < -0.39 is 64.0 Å². The lowest BCUT2D eigenvalue weighted by atomic mass is 9.57. The molecule has 4 unspecified atom stereocenters. The van der Waals surface area contributed by atoms with Crippen LogP contribution in [0.2, 0.25) is 0 Å². The number of carbonyl (C=O) groups is 4. The highest BCUT2D eigenvalue weighted by Gasteiger charge is 2.64. The number of hydrogen-bond acceptors (Lipinski definition) is 13. The molecule has 1 aromatic heterocycles. The van der Waals surface area contributed by atoms with Gasteiger partial charge in [-0.25, -0.2) is 9.78 Å². The number of thiazole rings is 1. The van der Waals surface area contributed by atoms with Crippen molar-refractivity contribution in [3.05, 3.63) is 55.7 Å². The first-order chi connectivity index (χ1) is 21.1. The number of aliphatic hydroxyl groups excluding tert-OH is 2. The van der Waals surface area contributed by atoms with Crippen molar-refractivity contribution in [3.8, 4) is 5.75 Å². The van der Waals surface area contributed by atoms with Crippen LogP contribution in [-0.4, -0.2) is 100 Å². The van der Waals surface area contributed by atoms with Crippen LogP contribution in [-0.2, 0) is 38.4 Å². The molecule has 0 saturated heterocycles. The smallest absolute Gasteiger partial charge is 0.357 e. The average molecular weight is 641 g/mol. The fourth-order valence-corrected chi connectivity index (χ4v) is 7.67. The van der Waals surface area contributed by atoms with Crippen molar-refractivity contribution in [3.63, 3.8) is 0 Å². The van der Waals surface area contributed by atoms with E-state index in [1.807, 2.05) is 4.90 Å². The number of phenolic OH excluding ortho intramolecular Hbond substituents is 1. The number of carbonyl (C=O) groups excluding carboxylic acids is 4. The predicted molar refractivity (Wildman–Crippen MR) is 164 cm³/mol. The van der Waals surface area contributed by atoms with Crippen LogP contribution in [0, 0.1) is 11.8 Å². The number of hydrogen-bond donors (Lipinski definition) is 5. The first-order valence-electron chi connectivity index (χ1n) is 14.5. The molecule has 14 heteroatoms. The number of ketones is 2. The summed E-state index contributed by atoms with van der Waals surface area (Å²) in [5.41, 5.74) is 3.56. The Balaban J connectivity index is 1.60. The Labute approximate surface area is 263 Å². The number of rotatable bonds is 8. The Morgan fingerprint density at radius 2 is 1.84 bits per heavy atom. The summed E-state index contributed by atoms with van der Waals surface area (Å²) in [4.78, 5) is 59.3. The van der Waals surface area contributed by atoms with Gasteiger partial charge in [-0.3, -0.25) is 19.3 Å². The Morgan fingerprint density at radius 3 is 2.44 bits per heavy atom. The minimum absolute atomic E-state index is 0.00793. The molecular weight excluding hydrogens is 604 g/mol. The number of Topliss-reactive ketones (excluding diaryl/α,β-unsaturated/α-hetero) is 2. The van der Waals surface area contributed by atoms with E-state index in [0.717, 1.165) is 0 Å². The van der Waals surface area contributed by atoms with Crippen molar-refractivity contribution >= 4 is 46.2 Å². The topological polar surface area (TPSA) is 204 Å². The number of likely N-dealkylation sites (N-methyl/N-ethyl adjacent to an activating group) is 1. The van der Waals surface area contributed by atoms with Gasteiger partial charge in [0.15, 0.2) is 17.1 Å². The number of nitrogens with two attached hydrogens (primary N) is 1. The molecule has 4 atom stereocenters. The Hall–Kier alpha value is -4.27. The van der Waals surface area contributed by atoms with Gasteiger partial charge in [0, 0.05) is 43.1 Å². The van der Waals surface area contributed by atoms with Crippen LogP contribution < -0.4 is 10.6 Å². The van der Waals surface area contributed by atoms with E-state index in [1.54, 1.807) is 46.6 Å². The van der Waals surface area contributed by atoms with E-state index in [-0.39, 0.29) is 48.4 Å². The zero-order valence-electron chi connectivity index (χ0n) is 25.6. The number of anilines is 1. The summed E-state index contributed by atoms with van der Waals surface area (Å²) in [6.45, 7) is 1.92. The van der Waals surface area contributed by atoms with Crippen LogP contribution in [0.5, 0.6) is 5.75 Å². The van der Waals surface area contributed by atoms with Gasteiger partial charge in [-0.15, -0.1) is 11.3 Å². The van der Waals surface area contributed by atoms with Crippen LogP contribution in [0.3, 0.4) is 0 Å². The van der Waals surface area contributed by atoms with Crippen LogP contribution in [0.15, 0.2) is 28.4 Å². The first kappa shape index (κ1) is 32.1. The molecule has 45 heavy (non-hydrogen) atoms. The molecule has 3 aliphatic rings. The molecule has 2 aromatic rings. The van der Waals surface area contributed by atoms with Crippen LogP contribution in [0.4, 0.5) is 5.69 Å². The van der Waals surface area contributed by atoms with E-state index in [1.165, 1.54) is 16.2 Å². The van der Waals surface area contributed by atoms with Crippen molar-refractivity contribution in [2.75, 3.05) is 39.7 Å². The number of amides is 1. The third-order valence-electron chi connectivity index (χ3n) is 8.90. The molecule has 1 saturated carbocycles. The summed E-state index contributed by atoms with van der Waals surface area (Å²) < 4.78 is 5.00. The minimum atomic E-state index is -2.70. The molecule has 1 fully saturated rings. The highest BCUT2D eigenvalue weighted by atomic mass is 32.1. The van der Waals surface area contributed by atoms with Crippen LogP contribution >= 0.6 is 11.3 Å². The molecule has 13 nitrogen and oxygen atoms in total. The van der Waals surface area contributed by atoms with Crippen molar-refractivity contribution < 1.29 is 44.3 Å². The van der Waals surface area contributed by atoms with Gasteiger partial charge in [0.25, 0.3) is 5.91 Å². The summed E-state index contributed by atoms with van der Waals surface area (Å²) >= 11 is 1.28. The standard InChI is InChI=1S/C31H36N4O9S/c1-6-44-30(42)17-12-45-19(33-17)8-7-13-11-18(34(2)3)15-9-14-10-16-23(35(4)5)26(38)22(29(32)41)28(40)31(16,43)27(39)20(14)25(37)21(15)24(13)36/h11-12,14,16,23,36-37,40,43H,6-10H2,1-5H3,(H2,32,41). The van der Waals surface area contributed by atoms with Gasteiger partial charge in [-0.05, 0) is 63.4 Å². The lowest BCUT2D eigenvalue weighted by molar-refractivity contribution is -0.153. The minimum Gasteiger partial charge on any atom is -0.508 e. The number of phenols is 1. The third kappa shape index (κ3) is 4.96. The van der Waals surface area contributed by atoms with E-state index in [9.17, 15) is 39.6 Å². The monoisotopic (exact) mass is 640 g/mol. The Morgan fingerprint density at radius 1 is 1.16 bits per heavy atom. The summed E-state index contributed by atoms with van der Waals surface area (Å²) in [5, 5.41) is 48.3. The average Bonchev–Trinajstić information content (AvgIpc) is 3.43. The second-order valence-electron chi connectivity index (χ2n) is 12.0. The number of fused-ring (bicyclic) bond motifs is 3. The lowest BCUT2D eigenvalue weighted by Gasteiger charge is -2.50. The number of ether oxygens (including phenoxy) is 1. The number of aryl methyl sites for hydroxylation is 2. The number of aliphatic hydroxyl groups is 3. The summed E-state index contributed by atoms with van der Waals surface area (Å²) in [5.74, 6) is -7.43. The van der Waals surface area contributed by atoms with Gasteiger partial charge in [0.05, 0.1) is 23.2 Å². The normalized spacial score (nSPS) is 24.4. The SMILES string of the molecule is CCOC(=O)c1csc(CCc2cc(N(C)C)c3c(c2O)C(O)=C2C(=O)C4(O)C(O)=C(C(N)=O)C(=O)C(N(C)C)C4CC2C3)n1. The zero-order valence-corrected chi connectivity index (χ0v) is 26.4. The van der Waals surface area contributed by atoms with E-state index >= 15 is 0 Å². The number of benzene rings is 1. The van der Waals surface area contributed by atoms with Crippen molar-refractivity contribution in [2.24, 2.45) is 17.6 Å². The van der Waals surface area contributed by atoms with E-state index in [4.69, 9.17) is 10.5 Å². The third-order valence-corrected chi connectivity index (χ3v) is 9.81. The van der Waals surface area contributed by atoms with Gasteiger partial charge in [0.2, 0.25) is 5.78 Å². The highest BCUT2D eigenvalue weighted by molar-refractivity contribution is 7.09. The van der Waals surface area contributed by atoms with Gasteiger partial charge >= 0.3 is 5.97 Å². The molecule has 0 spiro atoms. The first-order valence-corrected chi connectivity index (χ1v) is 15.3. The maximum absolute atomic E-state index is 14.1. The summed E-state index contributed by atoms with van der Waals surface area (Å²) in [6.07, 6.45) is 0.831. The molecule has 3 aliphatic carbocycles. The number of aromatic nitrogens is 1. The molecule has 1 amide bonds. The lowest BCUT2D eigenvalue weighted by Crippen LogP contribution is -2.65. The Bertz CT molecular complexity index is 1690. The molecule has 1 heterocycles. The summed E-state index contributed by atoms with van der Waals surface area (Å²) in [6, 6.07) is 0.648. The maximum Gasteiger partial charge on any atom is 0.357 e. The molecule has 240 valence electrons. The number of nitrogens with zero attached hydrogens (tertiary/aromatic N) is 3. The molecule has 0 bridgehead atoms. The number of aromatic hydroxyl groups is 1. The molecular formula is C31H36N4O9S. The molecule has 0 aliphatic heterocycles. The van der Waals surface area contributed by atoms with E-state index in [2.05, 4.69) is 4.98 Å². The second-order valence-corrected chi connectivity index (χ2v) is 12.9. The second kappa shape index (κ2) is 11.6. The zero-order chi connectivity index (χ0) is 33.1. The molecule has 1 aromatic carbocycles. The van der Waals surface area contributed by atoms with Gasteiger partial charge in [0.1, 0.15) is 22.8 Å². The predicted octanol–water partition coefficient (Wildman–Crippen LogP) is 1.45. The van der Waals surface area contributed by atoms with Gasteiger partial charge in [-0.2, -0.15) is 0 Å². The van der Waals surface area contributed by atoms with Crippen molar-refractivity contribution in [2.45, 2.75) is 44.2 Å². The fraction of sp³-hybridized carbons (Fsp3) is 0.452. The van der Waals surface area contributed by atoms with Crippen LogP contribution in [0.25, 0.3) is 5.76 Å². The maximum atomic E-state index is 14.1. The van der Waals surface area contributed by atoms with Gasteiger partial charge < -0.3 is 35.8 Å². The largest absolute Gasteiger partial charge is 0.508 e. The molecule has 5 rings (SSSR count). The highest BCUT2D eigenvalue weighted by Crippen LogP contribution is 2.54. The van der Waals surface area contributed by atoms with Crippen LogP contribution in [0.1, 0.15) is 45.5 Å². The van der Waals surface area contributed by atoms with Crippen molar-refractivity contribution in [1.29, 1.82) is 0 Å². The number of primary amides is 1. The summed E-state index contributed by atoms with van der Waals surface area (Å²) in [7, 11) is 6.72. The fourth-order valence-electron chi connectivity index (χ4n) is 6.90. The quantitative estimate of drug-likeness (QED) is 0.206. The molecule has 0 radical (unpaired) electrons. The molecule has 6 N–H and O–H groups in total. The van der Waals surface area contributed by atoms with Crippen molar-refractivity contribution in [1.82, 2.24) is 9.88 Å². The van der Waals surface area contributed by atoms with Gasteiger partial charge in [-0.1, -0.05) is 0 Å². The van der Waals surface area contributed by atoms with E-state index in [0.29, 0.717) is 28.2 Å². The Kier molecular flexibility index (Phi) is 8.27. The number of esters is 1.